The molecule has 0 N–H and O–H groups in total. The number of aromatic nitrogens is 1. The summed E-state index contributed by atoms with van der Waals surface area (Å²) in [5, 5.41) is -0.407. The first-order valence-electron chi connectivity index (χ1n) is 10.5. The fraction of sp³-hybridized carbons (Fsp3) is 0.200. The number of hydrogen-bond donors (Lipinski definition) is 0. The normalized spacial score (nSPS) is 16.7. The molecule has 1 saturated heterocycles. The zero-order valence-electron chi connectivity index (χ0n) is 18.1. The van der Waals surface area contributed by atoms with Gasteiger partial charge in [-0.15, -0.1) is 0 Å². The Balaban J connectivity index is 1.44. The zero-order valence-corrected chi connectivity index (χ0v) is 18.9. The lowest BCUT2D eigenvalue weighted by Crippen LogP contribution is -2.27. The van der Waals surface area contributed by atoms with Crippen molar-refractivity contribution in [1.82, 2.24) is 9.47 Å². The lowest BCUT2D eigenvalue weighted by Gasteiger charge is -2.20. The van der Waals surface area contributed by atoms with Crippen molar-refractivity contribution in [3.8, 4) is 17.2 Å². The highest BCUT2D eigenvalue weighted by Gasteiger charge is 2.35. The summed E-state index contributed by atoms with van der Waals surface area (Å²) in [6.07, 6.45) is 1.73. The second-order valence-corrected chi connectivity index (χ2v) is 8.84. The number of hydrogen-bond acceptors (Lipinski definition) is 5. The van der Waals surface area contributed by atoms with Gasteiger partial charge in [0.05, 0.1) is 11.4 Å². The van der Waals surface area contributed by atoms with Gasteiger partial charge in [-0.05, 0) is 61.5 Å². The fourth-order valence-electron chi connectivity index (χ4n) is 4.08. The van der Waals surface area contributed by atoms with Crippen LogP contribution in [0.25, 0.3) is 11.8 Å². The molecule has 3 aromatic rings. The largest absolute Gasteiger partial charge is 0.486 e. The maximum atomic E-state index is 14.0. The Morgan fingerprint density at radius 1 is 1.03 bits per heavy atom. The average molecular weight is 465 g/mol. The summed E-state index contributed by atoms with van der Waals surface area (Å²) in [6.45, 7) is 4.88. The van der Waals surface area contributed by atoms with Crippen molar-refractivity contribution in [2.45, 2.75) is 20.4 Å². The summed E-state index contributed by atoms with van der Waals surface area (Å²) in [6, 6.07) is 13.9. The van der Waals surface area contributed by atoms with Crippen LogP contribution >= 0.6 is 11.8 Å². The van der Waals surface area contributed by atoms with Gasteiger partial charge in [-0.2, -0.15) is 0 Å². The smallest absolute Gasteiger partial charge is 0.293 e. The lowest BCUT2D eigenvalue weighted by atomic mass is 10.2. The summed E-state index contributed by atoms with van der Waals surface area (Å²) in [5.41, 5.74) is 3.95. The number of nitrogens with zero attached hydrogens (tertiary/aromatic N) is 2. The molecule has 2 aliphatic heterocycles. The zero-order chi connectivity index (χ0) is 23.1. The van der Waals surface area contributed by atoms with E-state index in [0.29, 0.717) is 29.4 Å². The van der Waals surface area contributed by atoms with Gasteiger partial charge in [0.25, 0.3) is 11.1 Å². The van der Waals surface area contributed by atoms with Crippen LogP contribution in [0.5, 0.6) is 11.5 Å². The van der Waals surface area contributed by atoms with Crippen LogP contribution < -0.4 is 9.47 Å². The summed E-state index contributed by atoms with van der Waals surface area (Å²) in [5.74, 6) is 0.555. The maximum absolute atomic E-state index is 14.0. The van der Waals surface area contributed by atoms with Crippen LogP contribution in [0.1, 0.15) is 22.5 Å². The number of aryl methyl sites for hydroxylation is 1. The SMILES string of the molecule is Cc1cc(/C=C2\SC(=O)N(Cc3ccccc3F)C2=O)c(C)n1-c1ccc2c(c1)OCCO2. The Morgan fingerprint density at radius 3 is 2.58 bits per heavy atom. The van der Waals surface area contributed by atoms with Crippen LogP contribution in [0, 0.1) is 19.7 Å². The van der Waals surface area contributed by atoms with E-state index in [1.54, 1.807) is 24.3 Å². The van der Waals surface area contributed by atoms with Crippen LogP contribution in [0.3, 0.4) is 0 Å². The summed E-state index contributed by atoms with van der Waals surface area (Å²) >= 11 is 0.870. The third-order valence-electron chi connectivity index (χ3n) is 5.70. The predicted octanol–water partition coefficient (Wildman–Crippen LogP) is 5.24. The van der Waals surface area contributed by atoms with Gasteiger partial charge < -0.3 is 14.0 Å². The summed E-state index contributed by atoms with van der Waals surface area (Å²) in [4.78, 5) is 26.8. The van der Waals surface area contributed by atoms with Crippen molar-refractivity contribution in [3.63, 3.8) is 0 Å². The van der Waals surface area contributed by atoms with Gasteiger partial charge in [0.2, 0.25) is 0 Å². The minimum absolute atomic E-state index is 0.0924. The number of rotatable bonds is 4. The molecule has 1 aromatic heterocycles. The highest BCUT2D eigenvalue weighted by atomic mass is 32.2. The van der Waals surface area contributed by atoms with Crippen LogP contribution in [-0.4, -0.2) is 33.8 Å². The Labute approximate surface area is 194 Å². The first kappa shape index (κ1) is 21.3. The number of carbonyl (C=O) groups excluding carboxylic acids is 2. The Bertz CT molecular complexity index is 1310. The first-order chi connectivity index (χ1) is 15.9. The molecule has 3 heterocycles. The molecular formula is C25H21FN2O4S. The second-order valence-electron chi connectivity index (χ2n) is 7.85. The van der Waals surface area contributed by atoms with Crippen molar-refractivity contribution in [3.05, 3.63) is 81.8 Å². The van der Waals surface area contributed by atoms with Gasteiger partial charge in [0.1, 0.15) is 19.0 Å². The Kier molecular flexibility index (Phi) is 5.46. The van der Waals surface area contributed by atoms with E-state index in [-0.39, 0.29) is 6.54 Å². The van der Waals surface area contributed by atoms with E-state index in [9.17, 15) is 14.0 Å². The van der Waals surface area contributed by atoms with Gasteiger partial charge in [-0.25, -0.2) is 4.39 Å². The van der Waals surface area contributed by atoms with Crippen LogP contribution in [0.4, 0.5) is 9.18 Å². The van der Waals surface area contributed by atoms with Crippen molar-refractivity contribution < 1.29 is 23.5 Å². The molecule has 1 fully saturated rings. The van der Waals surface area contributed by atoms with Gasteiger partial charge in [0.15, 0.2) is 11.5 Å². The van der Waals surface area contributed by atoms with Crippen molar-refractivity contribution in [2.75, 3.05) is 13.2 Å². The average Bonchev–Trinajstić information content (AvgIpc) is 3.24. The Morgan fingerprint density at radius 2 is 1.79 bits per heavy atom. The van der Waals surface area contributed by atoms with E-state index in [4.69, 9.17) is 9.47 Å². The van der Waals surface area contributed by atoms with E-state index in [1.165, 1.54) is 6.07 Å². The molecule has 0 bridgehead atoms. The third-order valence-corrected chi connectivity index (χ3v) is 6.61. The topological polar surface area (TPSA) is 60.8 Å². The molecule has 2 aromatic carbocycles. The van der Waals surface area contributed by atoms with E-state index < -0.39 is 17.0 Å². The molecule has 8 heteroatoms. The number of ether oxygens (including phenoxy) is 2. The van der Waals surface area contributed by atoms with Crippen molar-refractivity contribution in [2.24, 2.45) is 0 Å². The highest BCUT2D eigenvalue weighted by Crippen LogP contribution is 2.36. The molecule has 2 amide bonds. The number of amides is 2. The number of fused-ring (bicyclic) bond motifs is 1. The standard InChI is InChI=1S/C25H21FN2O4S/c1-15-11-18(16(2)28(15)19-7-8-21-22(13-19)32-10-9-31-21)12-23-24(29)27(25(30)33-23)14-17-5-3-4-6-20(17)26/h3-8,11-13H,9-10,14H2,1-2H3/b23-12-. The fourth-order valence-corrected chi connectivity index (χ4v) is 4.91. The van der Waals surface area contributed by atoms with Crippen LogP contribution in [0.2, 0.25) is 0 Å². The van der Waals surface area contributed by atoms with E-state index in [2.05, 4.69) is 4.57 Å². The molecule has 0 atom stereocenters. The molecule has 0 aliphatic carbocycles. The number of carbonyl (C=O) groups is 2. The lowest BCUT2D eigenvalue weighted by molar-refractivity contribution is -0.123. The summed E-state index contributed by atoms with van der Waals surface area (Å²) in [7, 11) is 0. The van der Waals surface area contributed by atoms with Gasteiger partial charge in [-0.3, -0.25) is 14.5 Å². The minimum atomic E-state index is -0.441. The van der Waals surface area contributed by atoms with Crippen LogP contribution in [-0.2, 0) is 11.3 Å². The molecule has 168 valence electrons. The van der Waals surface area contributed by atoms with Gasteiger partial charge in [-0.1, -0.05) is 18.2 Å². The number of thioether (sulfide) groups is 1. The van der Waals surface area contributed by atoms with E-state index in [1.807, 2.05) is 38.1 Å². The molecule has 0 unspecified atom stereocenters. The van der Waals surface area contributed by atoms with Gasteiger partial charge >= 0.3 is 0 Å². The molecule has 33 heavy (non-hydrogen) atoms. The first-order valence-corrected chi connectivity index (χ1v) is 11.3. The minimum Gasteiger partial charge on any atom is -0.486 e. The second kappa shape index (κ2) is 8.44. The molecule has 6 nitrogen and oxygen atoms in total. The molecular weight excluding hydrogens is 443 g/mol. The van der Waals surface area contributed by atoms with E-state index in [0.717, 1.165) is 45.1 Å². The maximum Gasteiger partial charge on any atom is 0.293 e. The Hall–Kier alpha value is -3.52. The van der Waals surface area contributed by atoms with Gasteiger partial charge in [0, 0.05) is 28.7 Å². The highest BCUT2D eigenvalue weighted by molar-refractivity contribution is 8.18. The molecule has 5 rings (SSSR count). The van der Waals surface area contributed by atoms with E-state index >= 15 is 0 Å². The molecule has 0 spiro atoms. The molecule has 2 aliphatic rings. The monoisotopic (exact) mass is 464 g/mol. The third kappa shape index (κ3) is 3.91. The quantitative estimate of drug-likeness (QED) is 0.494. The number of halogens is 1. The molecule has 0 radical (unpaired) electrons. The van der Waals surface area contributed by atoms with Crippen molar-refractivity contribution in [1.29, 1.82) is 0 Å². The number of imide groups is 1. The summed E-state index contributed by atoms with van der Waals surface area (Å²) < 4.78 is 27.4. The number of benzene rings is 2. The predicted molar refractivity (Wildman–Crippen MR) is 124 cm³/mol. The van der Waals surface area contributed by atoms with Crippen molar-refractivity contribution >= 4 is 29.0 Å². The van der Waals surface area contributed by atoms with Crippen LogP contribution in [0.15, 0.2) is 53.4 Å². The molecule has 0 saturated carbocycles.